The highest BCUT2D eigenvalue weighted by Crippen LogP contribution is 2.33. The van der Waals surface area contributed by atoms with Gasteiger partial charge in [-0.05, 0) is 37.2 Å². The minimum absolute atomic E-state index is 0.172. The summed E-state index contributed by atoms with van der Waals surface area (Å²) < 4.78 is 5.22. The molecule has 2 aromatic rings. The third kappa shape index (κ3) is 3.42. The van der Waals surface area contributed by atoms with E-state index < -0.39 is 0 Å². The average Bonchev–Trinajstić information content (AvgIpc) is 2.87. The van der Waals surface area contributed by atoms with Crippen molar-refractivity contribution in [3.8, 4) is 5.75 Å². The Morgan fingerprint density at radius 1 is 1.32 bits per heavy atom. The van der Waals surface area contributed by atoms with Crippen LogP contribution in [0.5, 0.6) is 5.75 Å². The second kappa shape index (κ2) is 6.62. The summed E-state index contributed by atoms with van der Waals surface area (Å²) >= 11 is 14.1. The lowest BCUT2D eigenvalue weighted by molar-refractivity contribution is 0.416. The third-order valence-corrected chi connectivity index (χ3v) is 4.73. The van der Waals surface area contributed by atoms with Crippen molar-refractivity contribution in [2.24, 2.45) is 0 Å². The van der Waals surface area contributed by atoms with Crippen LogP contribution in [-0.2, 0) is 6.42 Å². The van der Waals surface area contributed by atoms with Gasteiger partial charge in [0.05, 0.1) is 7.11 Å². The highest BCUT2D eigenvalue weighted by molar-refractivity contribution is 7.10. The van der Waals surface area contributed by atoms with Crippen LogP contribution in [0.3, 0.4) is 0 Å². The van der Waals surface area contributed by atoms with Crippen LogP contribution >= 0.6 is 34.5 Å². The van der Waals surface area contributed by atoms with Gasteiger partial charge in [-0.25, -0.2) is 0 Å². The number of methoxy groups -OCH3 is 1. The Bertz CT molecular complexity index is 536. The maximum Gasteiger partial charge on any atom is 0.129 e. The highest BCUT2D eigenvalue weighted by atomic mass is 35.5. The van der Waals surface area contributed by atoms with Crippen LogP contribution in [0.2, 0.25) is 10.0 Å². The smallest absolute Gasteiger partial charge is 0.129 e. The first-order valence-corrected chi connectivity index (χ1v) is 7.51. The number of nitrogens with one attached hydrogen (secondary N) is 1. The van der Waals surface area contributed by atoms with E-state index in [1.165, 1.54) is 4.88 Å². The fourth-order valence-electron chi connectivity index (χ4n) is 1.90. The minimum atomic E-state index is 0.172. The molecule has 1 atom stereocenters. The molecule has 2 nitrogen and oxygen atoms in total. The predicted molar refractivity (Wildman–Crippen MR) is 82.8 cm³/mol. The molecule has 0 aliphatic carbocycles. The van der Waals surface area contributed by atoms with Crippen molar-refractivity contribution in [3.05, 3.63) is 50.1 Å². The molecule has 5 heteroatoms. The van der Waals surface area contributed by atoms with Crippen molar-refractivity contribution in [1.29, 1.82) is 0 Å². The Morgan fingerprint density at radius 2 is 2.00 bits per heavy atom. The second-order valence-electron chi connectivity index (χ2n) is 4.13. The molecule has 0 saturated carbocycles. The van der Waals surface area contributed by atoms with Gasteiger partial charge in [-0.15, -0.1) is 11.3 Å². The van der Waals surface area contributed by atoms with Crippen molar-refractivity contribution in [1.82, 2.24) is 5.32 Å². The van der Waals surface area contributed by atoms with Crippen LogP contribution in [0.15, 0.2) is 29.6 Å². The molecule has 102 valence electrons. The summed E-state index contributed by atoms with van der Waals surface area (Å²) in [5.41, 5.74) is 0.970. The summed E-state index contributed by atoms with van der Waals surface area (Å²) in [7, 11) is 3.60. The van der Waals surface area contributed by atoms with Crippen molar-refractivity contribution in [2.75, 3.05) is 14.2 Å². The summed E-state index contributed by atoms with van der Waals surface area (Å²) in [6, 6.07) is 7.80. The second-order valence-corrected chi connectivity index (χ2v) is 5.89. The lowest BCUT2D eigenvalue weighted by Crippen LogP contribution is -2.18. The summed E-state index contributed by atoms with van der Waals surface area (Å²) in [6.07, 6.45) is 0.749. The first kappa shape index (κ1) is 14.7. The largest absolute Gasteiger partial charge is 0.496 e. The van der Waals surface area contributed by atoms with Gasteiger partial charge >= 0.3 is 0 Å². The Hall–Kier alpha value is -0.740. The molecular formula is C14H15Cl2NOS. The van der Waals surface area contributed by atoms with Gasteiger partial charge in [0.2, 0.25) is 0 Å². The van der Waals surface area contributed by atoms with Gasteiger partial charge in [0.15, 0.2) is 0 Å². The SMILES string of the molecule is CNC(Cc1c(Cl)cccc1Cl)c1cc(OC)cs1. The van der Waals surface area contributed by atoms with Gasteiger partial charge in [-0.1, -0.05) is 29.3 Å². The first-order valence-electron chi connectivity index (χ1n) is 5.88. The molecule has 19 heavy (non-hydrogen) atoms. The number of likely N-dealkylation sites (N-methyl/N-ethyl adjacent to an activating group) is 1. The topological polar surface area (TPSA) is 21.3 Å². The quantitative estimate of drug-likeness (QED) is 0.872. The minimum Gasteiger partial charge on any atom is -0.496 e. The molecule has 0 amide bonds. The maximum atomic E-state index is 6.22. The number of hydrogen-bond donors (Lipinski definition) is 1. The van der Waals surface area contributed by atoms with E-state index in [1.54, 1.807) is 18.4 Å². The fourth-order valence-corrected chi connectivity index (χ4v) is 3.42. The summed E-state index contributed by atoms with van der Waals surface area (Å²) in [6.45, 7) is 0. The van der Waals surface area contributed by atoms with Crippen LogP contribution in [0.4, 0.5) is 0 Å². The van der Waals surface area contributed by atoms with E-state index in [-0.39, 0.29) is 6.04 Å². The zero-order chi connectivity index (χ0) is 13.8. The van der Waals surface area contributed by atoms with Crippen molar-refractivity contribution in [3.63, 3.8) is 0 Å². The molecule has 1 aromatic carbocycles. The van der Waals surface area contributed by atoms with E-state index in [0.717, 1.165) is 17.7 Å². The zero-order valence-electron chi connectivity index (χ0n) is 10.7. The van der Waals surface area contributed by atoms with Crippen molar-refractivity contribution >= 4 is 34.5 Å². The summed E-state index contributed by atoms with van der Waals surface area (Å²) in [5.74, 6) is 0.880. The van der Waals surface area contributed by atoms with Gasteiger partial charge < -0.3 is 10.1 Å². The Balaban J connectivity index is 2.24. The van der Waals surface area contributed by atoms with E-state index in [1.807, 2.05) is 36.7 Å². The monoisotopic (exact) mass is 315 g/mol. The Morgan fingerprint density at radius 3 is 2.53 bits per heavy atom. The number of rotatable bonds is 5. The van der Waals surface area contributed by atoms with Gasteiger partial charge in [0.1, 0.15) is 5.75 Å². The molecule has 0 spiro atoms. The molecule has 1 heterocycles. The van der Waals surface area contributed by atoms with E-state index in [4.69, 9.17) is 27.9 Å². The van der Waals surface area contributed by atoms with Crippen LogP contribution in [-0.4, -0.2) is 14.2 Å². The first-order chi connectivity index (χ1) is 9.15. The summed E-state index contributed by atoms with van der Waals surface area (Å²) in [4.78, 5) is 1.20. The zero-order valence-corrected chi connectivity index (χ0v) is 13.1. The molecule has 1 aromatic heterocycles. The Labute approximate surface area is 127 Å². The van der Waals surface area contributed by atoms with E-state index in [9.17, 15) is 0 Å². The molecular weight excluding hydrogens is 301 g/mol. The fraction of sp³-hybridized carbons (Fsp3) is 0.286. The molecule has 2 rings (SSSR count). The highest BCUT2D eigenvalue weighted by Gasteiger charge is 2.16. The molecule has 1 N–H and O–H groups in total. The van der Waals surface area contributed by atoms with Crippen molar-refractivity contribution in [2.45, 2.75) is 12.5 Å². The van der Waals surface area contributed by atoms with Crippen molar-refractivity contribution < 1.29 is 4.74 Å². The third-order valence-electron chi connectivity index (χ3n) is 2.99. The molecule has 0 bridgehead atoms. The van der Waals surface area contributed by atoms with E-state index in [2.05, 4.69) is 5.32 Å². The Kier molecular flexibility index (Phi) is 5.11. The van der Waals surface area contributed by atoms with Gasteiger partial charge in [-0.3, -0.25) is 0 Å². The van der Waals surface area contributed by atoms with E-state index >= 15 is 0 Å². The lowest BCUT2D eigenvalue weighted by atomic mass is 10.0. The normalized spacial score (nSPS) is 12.4. The predicted octanol–water partition coefficient (Wildman–Crippen LogP) is 4.57. The molecule has 0 aliphatic rings. The van der Waals surface area contributed by atoms with Crippen LogP contribution < -0.4 is 10.1 Å². The number of ether oxygens (including phenoxy) is 1. The standard InChI is InChI=1S/C14H15Cl2NOS/c1-17-13(14-6-9(18-2)8-19-14)7-10-11(15)4-3-5-12(10)16/h3-6,8,13,17H,7H2,1-2H3. The van der Waals surface area contributed by atoms with Gasteiger partial charge in [-0.2, -0.15) is 0 Å². The number of benzene rings is 1. The van der Waals surface area contributed by atoms with Crippen LogP contribution in [0.1, 0.15) is 16.5 Å². The van der Waals surface area contributed by atoms with Crippen LogP contribution in [0, 0.1) is 0 Å². The average molecular weight is 316 g/mol. The van der Waals surface area contributed by atoms with Gasteiger partial charge in [0.25, 0.3) is 0 Å². The molecule has 0 fully saturated rings. The molecule has 0 aliphatic heterocycles. The molecule has 1 unspecified atom stereocenters. The maximum absolute atomic E-state index is 6.22. The number of halogens is 2. The summed E-state index contributed by atoms with van der Waals surface area (Å²) in [5, 5.41) is 6.70. The molecule has 0 radical (unpaired) electrons. The van der Waals surface area contributed by atoms with E-state index in [0.29, 0.717) is 10.0 Å². The number of hydrogen-bond acceptors (Lipinski definition) is 3. The molecule has 0 saturated heterocycles. The van der Waals surface area contributed by atoms with Gasteiger partial charge in [0, 0.05) is 26.3 Å². The lowest BCUT2D eigenvalue weighted by Gasteiger charge is -2.16. The number of thiophene rings is 1. The van der Waals surface area contributed by atoms with Crippen LogP contribution in [0.25, 0.3) is 0 Å².